The van der Waals surface area contributed by atoms with Crippen molar-refractivity contribution in [2.24, 2.45) is 0 Å². The Hall–Kier alpha value is -4.99. The van der Waals surface area contributed by atoms with Crippen molar-refractivity contribution in [1.82, 2.24) is 14.9 Å². The second kappa shape index (κ2) is 11.6. The maximum Gasteiger partial charge on any atom is 0.418 e. The molecule has 10 heteroatoms. The minimum Gasteiger partial charge on any atom is -0.367 e. The molecule has 0 atom stereocenters. The number of fused-ring (bicyclic) bond motifs is 2. The molecule has 0 bridgehead atoms. The molecule has 0 unspecified atom stereocenters. The molecule has 2 aromatic heterocycles. The molecule has 1 aliphatic rings. The van der Waals surface area contributed by atoms with Gasteiger partial charge in [-0.05, 0) is 55.0 Å². The summed E-state index contributed by atoms with van der Waals surface area (Å²) in [4.78, 5) is 37.1. The Labute approximate surface area is 252 Å². The number of hydrogen-bond acceptors (Lipinski definition) is 6. The first-order valence-corrected chi connectivity index (χ1v) is 14.4. The van der Waals surface area contributed by atoms with E-state index >= 15 is 0 Å². The molecule has 0 saturated carbocycles. The number of alkyl halides is 3. The van der Waals surface area contributed by atoms with Crippen LogP contribution < -0.4 is 10.2 Å². The predicted octanol–water partition coefficient (Wildman–Crippen LogP) is 7.47. The van der Waals surface area contributed by atoms with Crippen molar-refractivity contribution in [2.75, 3.05) is 36.4 Å². The highest BCUT2D eigenvalue weighted by molar-refractivity contribution is 6.09. The summed E-state index contributed by atoms with van der Waals surface area (Å²) in [5, 5.41) is 4.69. The van der Waals surface area contributed by atoms with Crippen LogP contribution in [-0.2, 0) is 11.0 Å². The Kier molecular flexibility index (Phi) is 7.67. The molecule has 7 nitrogen and oxygen atoms in total. The van der Waals surface area contributed by atoms with Crippen molar-refractivity contribution in [2.45, 2.75) is 26.4 Å². The number of para-hydroxylation sites is 1. The van der Waals surface area contributed by atoms with E-state index in [-0.39, 0.29) is 28.6 Å². The van der Waals surface area contributed by atoms with Gasteiger partial charge >= 0.3 is 6.18 Å². The molecule has 3 heterocycles. The smallest absolute Gasteiger partial charge is 0.367 e. The quantitative estimate of drug-likeness (QED) is 0.205. The van der Waals surface area contributed by atoms with Crippen molar-refractivity contribution in [3.05, 3.63) is 90.3 Å². The number of aromatic nitrogens is 2. The maximum atomic E-state index is 14.4. The first-order chi connectivity index (χ1) is 21.1. The van der Waals surface area contributed by atoms with Crippen LogP contribution in [0.4, 0.5) is 30.2 Å². The van der Waals surface area contributed by atoms with E-state index in [1.165, 1.54) is 19.2 Å². The molecule has 224 valence electrons. The summed E-state index contributed by atoms with van der Waals surface area (Å²) < 4.78 is 43.2. The lowest BCUT2D eigenvalue weighted by molar-refractivity contribution is -0.137. The summed E-state index contributed by atoms with van der Waals surface area (Å²) in [6.07, 6.45) is -1.05. The predicted molar refractivity (Wildman–Crippen MR) is 166 cm³/mol. The number of ketones is 1. The Morgan fingerprint density at radius 1 is 0.864 bits per heavy atom. The number of pyridine rings is 2. The van der Waals surface area contributed by atoms with E-state index in [2.05, 4.69) is 15.3 Å². The van der Waals surface area contributed by atoms with Gasteiger partial charge in [-0.1, -0.05) is 31.2 Å². The number of amides is 1. The van der Waals surface area contributed by atoms with Gasteiger partial charge in [0.1, 0.15) is 0 Å². The number of carbonyl (C=O) groups excluding carboxylic acids is 2. The summed E-state index contributed by atoms with van der Waals surface area (Å²) in [5.74, 6) is -0.280. The van der Waals surface area contributed by atoms with Crippen molar-refractivity contribution in [1.29, 1.82) is 0 Å². The Morgan fingerprint density at radius 3 is 2.34 bits per heavy atom. The number of Topliss-reactive ketones (excluding diaryl/α,β-unsaturated/α-hetero) is 1. The number of piperazine rings is 1. The van der Waals surface area contributed by atoms with Crippen molar-refractivity contribution >= 4 is 50.6 Å². The van der Waals surface area contributed by atoms with Crippen LogP contribution in [-0.4, -0.2) is 52.7 Å². The lowest BCUT2D eigenvalue weighted by atomic mass is 10.00. The van der Waals surface area contributed by atoms with E-state index in [4.69, 9.17) is 0 Å². The van der Waals surface area contributed by atoms with E-state index in [9.17, 15) is 22.8 Å². The lowest BCUT2D eigenvalue weighted by Gasteiger charge is -2.37. The third kappa shape index (κ3) is 5.67. The first-order valence-electron chi connectivity index (χ1n) is 14.4. The molecule has 0 radical (unpaired) electrons. The fourth-order valence-corrected chi connectivity index (χ4v) is 5.68. The molecule has 1 fully saturated rings. The highest BCUT2D eigenvalue weighted by atomic mass is 19.4. The Balaban J connectivity index is 1.39. The summed E-state index contributed by atoms with van der Waals surface area (Å²) in [6, 6.07) is 19.5. The SMILES string of the molecule is CCC(=O)N1CCN(c2ccc(Nc3c(C(C)=O)cnc4ccc(-c5cnc6ccccc6c5)cc34)cc2C(F)(F)F)CC1. The number of rotatable bonds is 6. The summed E-state index contributed by atoms with van der Waals surface area (Å²) in [6.45, 7) is 4.51. The van der Waals surface area contributed by atoms with E-state index < -0.39 is 11.7 Å². The normalized spacial score (nSPS) is 13.8. The number of nitrogens with one attached hydrogen (secondary N) is 1. The molecule has 44 heavy (non-hydrogen) atoms. The minimum atomic E-state index is -4.62. The van der Waals surface area contributed by atoms with Crippen LogP contribution in [0.3, 0.4) is 0 Å². The molecular weight excluding hydrogens is 567 g/mol. The topological polar surface area (TPSA) is 78.4 Å². The number of halogens is 3. The fourth-order valence-electron chi connectivity index (χ4n) is 5.68. The van der Waals surface area contributed by atoms with E-state index in [1.807, 2.05) is 48.5 Å². The van der Waals surface area contributed by atoms with E-state index in [1.54, 1.807) is 29.0 Å². The standard InChI is InChI=1S/C34H30F3N5O2/c1-3-32(44)42-14-12-41(13-15-42)31-11-9-25(18-28(31)34(35,36)37)40-33-26-17-22(8-10-30(26)39-20-27(33)21(2)43)24-16-23-6-4-5-7-29(23)38-19-24/h4-11,16-20H,3,12-15H2,1-2H3,(H,39,40). The molecular formula is C34H30F3N5O2. The number of nitrogens with zero attached hydrogens (tertiary/aromatic N) is 4. The van der Waals surface area contributed by atoms with Crippen LogP contribution in [0.2, 0.25) is 0 Å². The van der Waals surface area contributed by atoms with Crippen LogP contribution in [0.15, 0.2) is 79.1 Å². The van der Waals surface area contributed by atoms with E-state index in [0.717, 1.165) is 28.1 Å². The molecule has 1 N–H and O–H groups in total. The third-order valence-corrected chi connectivity index (χ3v) is 8.02. The monoisotopic (exact) mass is 597 g/mol. The van der Waals surface area contributed by atoms with Crippen LogP contribution in [0.1, 0.15) is 36.2 Å². The Bertz CT molecular complexity index is 1900. The van der Waals surface area contributed by atoms with Gasteiger partial charge in [0.25, 0.3) is 0 Å². The highest BCUT2D eigenvalue weighted by Crippen LogP contribution is 2.40. The van der Waals surface area contributed by atoms with Gasteiger partial charge in [0.2, 0.25) is 5.91 Å². The minimum absolute atomic E-state index is 0.00821. The lowest BCUT2D eigenvalue weighted by Crippen LogP contribution is -2.49. The van der Waals surface area contributed by atoms with Gasteiger partial charge < -0.3 is 15.1 Å². The zero-order valence-corrected chi connectivity index (χ0v) is 24.3. The van der Waals surface area contributed by atoms with Crippen molar-refractivity contribution < 1.29 is 22.8 Å². The van der Waals surface area contributed by atoms with Gasteiger partial charge in [-0.2, -0.15) is 13.2 Å². The average molecular weight is 598 g/mol. The molecule has 5 aromatic rings. The second-order valence-corrected chi connectivity index (χ2v) is 10.8. The van der Waals surface area contributed by atoms with Crippen molar-refractivity contribution in [3.8, 4) is 11.1 Å². The molecule has 1 saturated heterocycles. The highest BCUT2D eigenvalue weighted by Gasteiger charge is 2.36. The fraction of sp³-hybridized carbons (Fsp3) is 0.235. The number of hydrogen-bond donors (Lipinski definition) is 1. The zero-order valence-electron chi connectivity index (χ0n) is 24.3. The van der Waals surface area contributed by atoms with Gasteiger partial charge in [0.05, 0.1) is 27.8 Å². The number of anilines is 3. The second-order valence-electron chi connectivity index (χ2n) is 10.8. The molecule has 3 aromatic carbocycles. The van der Waals surface area contributed by atoms with Gasteiger partial charge in [0, 0.05) is 72.7 Å². The van der Waals surface area contributed by atoms with Gasteiger partial charge in [-0.15, -0.1) is 0 Å². The average Bonchev–Trinajstić information content (AvgIpc) is 3.03. The molecule has 1 amide bonds. The van der Waals surface area contributed by atoms with E-state index in [0.29, 0.717) is 49.2 Å². The largest absolute Gasteiger partial charge is 0.418 e. The van der Waals surface area contributed by atoms with Gasteiger partial charge in [0.15, 0.2) is 5.78 Å². The third-order valence-electron chi connectivity index (χ3n) is 8.02. The van der Waals surface area contributed by atoms with Crippen LogP contribution in [0.25, 0.3) is 32.9 Å². The zero-order chi connectivity index (χ0) is 31.0. The molecule has 1 aliphatic heterocycles. The summed E-state index contributed by atoms with van der Waals surface area (Å²) in [5.41, 5.74) is 3.23. The summed E-state index contributed by atoms with van der Waals surface area (Å²) >= 11 is 0. The van der Waals surface area contributed by atoms with Crippen molar-refractivity contribution in [3.63, 3.8) is 0 Å². The number of carbonyl (C=O) groups is 2. The Morgan fingerprint density at radius 2 is 1.61 bits per heavy atom. The van der Waals surface area contributed by atoms with Gasteiger partial charge in [-0.3, -0.25) is 19.6 Å². The molecule has 0 spiro atoms. The first kappa shape index (κ1) is 29.1. The molecule has 6 rings (SSSR count). The van der Waals surface area contributed by atoms with Crippen LogP contribution in [0.5, 0.6) is 0 Å². The van der Waals surface area contributed by atoms with Crippen LogP contribution in [0, 0.1) is 0 Å². The van der Waals surface area contributed by atoms with Crippen LogP contribution >= 0.6 is 0 Å². The molecule has 0 aliphatic carbocycles. The number of benzene rings is 3. The maximum absolute atomic E-state index is 14.4. The summed E-state index contributed by atoms with van der Waals surface area (Å²) in [7, 11) is 0. The van der Waals surface area contributed by atoms with Gasteiger partial charge in [-0.25, -0.2) is 0 Å².